The molecule has 3 amide bonds. The van der Waals surface area contributed by atoms with Crippen molar-refractivity contribution in [1.29, 1.82) is 0 Å². The molecule has 35 heavy (non-hydrogen) atoms. The number of aromatic hydroxyl groups is 1. The molecule has 2 aliphatic heterocycles. The van der Waals surface area contributed by atoms with E-state index in [2.05, 4.69) is 16.9 Å². The molecule has 9 heteroatoms. The van der Waals surface area contributed by atoms with Crippen LogP contribution >= 0.6 is 0 Å². The van der Waals surface area contributed by atoms with Crippen molar-refractivity contribution in [3.05, 3.63) is 71.7 Å². The van der Waals surface area contributed by atoms with Gasteiger partial charge in [-0.1, -0.05) is 18.2 Å². The molecular weight excluding hydrogens is 451 g/mol. The van der Waals surface area contributed by atoms with Gasteiger partial charge in [-0.3, -0.25) is 14.6 Å². The number of hydrogen-bond donors (Lipinski definition) is 3. The summed E-state index contributed by atoms with van der Waals surface area (Å²) >= 11 is 0. The Kier molecular flexibility index (Phi) is 5.52. The first-order chi connectivity index (χ1) is 16.8. The average Bonchev–Trinajstić information content (AvgIpc) is 3.29. The summed E-state index contributed by atoms with van der Waals surface area (Å²) in [5.41, 5.74) is 1.17. The second kappa shape index (κ2) is 8.42. The van der Waals surface area contributed by atoms with Crippen LogP contribution in [0, 0.1) is 5.82 Å². The standard InChI is InChI=1S/C26H27FN4O4/c1-4-10-28-11-12-30-24(33)26(2)14-17-20-18(8-9-19(35-3)21(20)27)29-22(17)23(31(26)25(30)34)15-6-5-7-16(32)13-15/h4-9,13,23,28-29,32H,1,10-12,14H2,2-3H3/t23?,26-/m0/s1. The normalized spacial score (nSPS) is 21.4. The zero-order valence-corrected chi connectivity index (χ0v) is 19.6. The molecular formula is C26H27FN4O4. The van der Waals surface area contributed by atoms with E-state index in [0.717, 1.165) is 0 Å². The summed E-state index contributed by atoms with van der Waals surface area (Å²) in [6.07, 6.45) is 1.85. The Morgan fingerprint density at radius 1 is 1.34 bits per heavy atom. The largest absolute Gasteiger partial charge is 0.508 e. The van der Waals surface area contributed by atoms with E-state index >= 15 is 4.39 Å². The van der Waals surface area contributed by atoms with Crippen LogP contribution in [-0.2, 0) is 11.2 Å². The second-order valence-corrected chi connectivity index (χ2v) is 9.07. The number of aromatic nitrogens is 1. The summed E-state index contributed by atoms with van der Waals surface area (Å²) in [5.74, 6) is -0.721. The number of ether oxygens (including phenoxy) is 1. The van der Waals surface area contributed by atoms with Gasteiger partial charge in [-0.15, -0.1) is 6.58 Å². The minimum absolute atomic E-state index is 0.0312. The summed E-state index contributed by atoms with van der Waals surface area (Å²) in [5, 5.41) is 13.7. The van der Waals surface area contributed by atoms with Gasteiger partial charge in [-0.25, -0.2) is 9.18 Å². The van der Waals surface area contributed by atoms with E-state index in [9.17, 15) is 14.7 Å². The Labute approximate surface area is 202 Å². The molecule has 0 radical (unpaired) electrons. The third-order valence-corrected chi connectivity index (χ3v) is 6.94. The lowest BCUT2D eigenvalue weighted by atomic mass is 9.81. The van der Waals surface area contributed by atoms with Crippen LogP contribution in [-0.4, -0.2) is 64.1 Å². The predicted molar refractivity (Wildman–Crippen MR) is 129 cm³/mol. The fourth-order valence-corrected chi connectivity index (χ4v) is 5.34. The number of carbonyl (C=O) groups is 2. The highest BCUT2D eigenvalue weighted by atomic mass is 19.1. The highest BCUT2D eigenvalue weighted by Gasteiger charge is 2.60. The molecule has 1 aromatic heterocycles. The molecule has 1 fully saturated rings. The van der Waals surface area contributed by atoms with E-state index in [1.807, 2.05) is 0 Å². The third-order valence-electron chi connectivity index (χ3n) is 6.94. The van der Waals surface area contributed by atoms with E-state index < -0.39 is 23.4 Å². The van der Waals surface area contributed by atoms with Crippen molar-refractivity contribution >= 4 is 22.8 Å². The molecule has 0 saturated carbocycles. The van der Waals surface area contributed by atoms with Gasteiger partial charge in [0.1, 0.15) is 17.3 Å². The number of urea groups is 1. The minimum atomic E-state index is -1.23. The van der Waals surface area contributed by atoms with Crippen LogP contribution in [0.25, 0.3) is 10.9 Å². The van der Waals surface area contributed by atoms with E-state index in [-0.39, 0.29) is 30.4 Å². The number of phenols is 1. The van der Waals surface area contributed by atoms with Crippen molar-refractivity contribution < 1.29 is 23.8 Å². The molecule has 5 rings (SSSR count). The van der Waals surface area contributed by atoms with Crippen molar-refractivity contribution in [2.45, 2.75) is 24.9 Å². The Morgan fingerprint density at radius 2 is 2.14 bits per heavy atom. The zero-order valence-electron chi connectivity index (χ0n) is 19.6. The first-order valence-electron chi connectivity index (χ1n) is 11.4. The first-order valence-corrected chi connectivity index (χ1v) is 11.4. The zero-order chi connectivity index (χ0) is 24.9. The second-order valence-electron chi connectivity index (χ2n) is 9.07. The maximum absolute atomic E-state index is 15.5. The number of imide groups is 1. The van der Waals surface area contributed by atoms with E-state index in [1.54, 1.807) is 48.2 Å². The number of hydrogen-bond acceptors (Lipinski definition) is 5. The molecule has 182 valence electrons. The molecule has 1 unspecified atom stereocenters. The number of phenolic OH excluding ortho intramolecular Hbond substituents is 1. The number of nitrogens with one attached hydrogen (secondary N) is 2. The Balaban J connectivity index is 1.69. The SMILES string of the molecule is C=CCNCCN1C(=O)N2C(c3cccc(O)c3)c3[nH]c4ccc(OC)c(F)c4c3C[C@@]2(C)C1=O. The molecule has 2 aromatic carbocycles. The summed E-state index contributed by atoms with van der Waals surface area (Å²) in [6.45, 7) is 6.56. The molecule has 3 N–H and O–H groups in total. The number of carbonyl (C=O) groups excluding carboxylic acids is 2. The summed E-state index contributed by atoms with van der Waals surface area (Å²) < 4.78 is 20.7. The molecule has 1 saturated heterocycles. The van der Waals surface area contributed by atoms with Gasteiger partial charge in [-0.2, -0.15) is 0 Å². The number of H-pyrrole nitrogens is 1. The number of nitrogens with zero attached hydrogens (tertiary/aromatic N) is 2. The third kappa shape index (κ3) is 3.37. The minimum Gasteiger partial charge on any atom is -0.508 e. The van der Waals surface area contributed by atoms with Gasteiger partial charge in [0, 0.05) is 42.7 Å². The lowest BCUT2D eigenvalue weighted by Crippen LogP contribution is -2.53. The molecule has 2 aliphatic rings. The van der Waals surface area contributed by atoms with Crippen LogP contribution in [0.3, 0.4) is 0 Å². The quantitative estimate of drug-likeness (QED) is 0.275. The number of methoxy groups -OCH3 is 1. The number of amides is 3. The van der Waals surface area contributed by atoms with Gasteiger partial charge in [0.15, 0.2) is 11.6 Å². The highest BCUT2D eigenvalue weighted by Crippen LogP contribution is 2.49. The van der Waals surface area contributed by atoms with Crippen molar-refractivity contribution in [1.82, 2.24) is 20.1 Å². The van der Waals surface area contributed by atoms with E-state index in [0.29, 0.717) is 40.8 Å². The van der Waals surface area contributed by atoms with Crippen LogP contribution in [0.4, 0.5) is 9.18 Å². The maximum Gasteiger partial charge on any atom is 0.328 e. The van der Waals surface area contributed by atoms with Crippen molar-refractivity contribution in [2.75, 3.05) is 26.7 Å². The van der Waals surface area contributed by atoms with Gasteiger partial charge >= 0.3 is 6.03 Å². The van der Waals surface area contributed by atoms with E-state index in [4.69, 9.17) is 4.74 Å². The Bertz CT molecular complexity index is 1350. The van der Waals surface area contributed by atoms with Gasteiger partial charge < -0.3 is 20.1 Å². The summed E-state index contributed by atoms with van der Waals surface area (Å²) in [6, 6.07) is 8.69. The summed E-state index contributed by atoms with van der Waals surface area (Å²) in [7, 11) is 1.40. The number of benzene rings is 2. The predicted octanol–water partition coefficient (Wildman–Crippen LogP) is 3.47. The lowest BCUT2D eigenvalue weighted by molar-refractivity contribution is -0.133. The van der Waals surface area contributed by atoms with Gasteiger partial charge in [0.25, 0.3) is 5.91 Å². The highest BCUT2D eigenvalue weighted by molar-refractivity contribution is 6.08. The topological polar surface area (TPSA) is 97.9 Å². The van der Waals surface area contributed by atoms with Crippen LogP contribution in [0.1, 0.15) is 29.8 Å². The maximum atomic E-state index is 15.5. The molecule has 3 heterocycles. The lowest BCUT2D eigenvalue weighted by Gasteiger charge is -2.42. The molecule has 0 spiro atoms. The first kappa shape index (κ1) is 22.9. The fourth-order valence-electron chi connectivity index (χ4n) is 5.34. The summed E-state index contributed by atoms with van der Waals surface area (Å²) in [4.78, 5) is 33.5. The van der Waals surface area contributed by atoms with Crippen molar-refractivity contribution in [3.63, 3.8) is 0 Å². The van der Waals surface area contributed by atoms with Crippen LogP contribution in [0.5, 0.6) is 11.5 Å². The van der Waals surface area contributed by atoms with Crippen molar-refractivity contribution in [3.8, 4) is 11.5 Å². The number of aromatic amines is 1. The number of rotatable bonds is 7. The van der Waals surface area contributed by atoms with Crippen LogP contribution in [0.2, 0.25) is 0 Å². The Hall–Kier alpha value is -3.85. The Morgan fingerprint density at radius 3 is 2.86 bits per heavy atom. The van der Waals surface area contributed by atoms with Crippen LogP contribution < -0.4 is 10.1 Å². The van der Waals surface area contributed by atoms with Crippen molar-refractivity contribution in [2.24, 2.45) is 0 Å². The smallest absolute Gasteiger partial charge is 0.328 e. The molecule has 0 aliphatic carbocycles. The number of halogens is 1. The van der Waals surface area contributed by atoms with Gasteiger partial charge in [0.2, 0.25) is 0 Å². The fraction of sp³-hybridized carbons (Fsp3) is 0.308. The number of fused-ring (bicyclic) bond motifs is 4. The molecule has 0 bridgehead atoms. The molecule has 2 atom stereocenters. The van der Waals surface area contributed by atoms with Gasteiger partial charge in [-0.05, 0) is 42.3 Å². The molecule has 3 aromatic rings. The monoisotopic (exact) mass is 478 g/mol. The molecule has 8 nitrogen and oxygen atoms in total. The average molecular weight is 479 g/mol. The van der Waals surface area contributed by atoms with Crippen LogP contribution in [0.15, 0.2) is 49.1 Å². The van der Waals surface area contributed by atoms with E-state index in [1.165, 1.54) is 18.1 Å². The van der Waals surface area contributed by atoms with Gasteiger partial charge in [0.05, 0.1) is 7.11 Å².